The molecule has 61 heavy (non-hydrogen) atoms. The molecule has 3 aromatic rings. The highest BCUT2D eigenvalue weighted by Crippen LogP contribution is 2.41. The molecule has 3 aliphatic rings. The minimum atomic E-state index is -2.07. The molecule has 0 radical (unpaired) electrons. The number of carboxylic acid groups (broad SMARTS) is 1. The van der Waals surface area contributed by atoms with E-state index in [4.69, 9.17) is 42.7 Å². The number of carbonyl (C=O) groups excluding carboxylic acids is 1. The molecule has 2 aromatic carbocycles. The molecule has 15 atom stereocenters. The van der Waals surface area contributed by atoms with Gasteiger partial charge in [-0.3, -0.25) is 14.4 Å². The number of aliphatic hydroxyl groups excluding tert-OH is 10. The van der Waals surface area contributed by atoms with Gasteiger partial charge in [-0.05, 0) is 18.2 Å². The molecule has 0 spiro atoms. The Kier molecular flexibility index (Phi) is 13.9. The molecular formula is C36H42O25. The highest BCUT2D eigenvalue weighted by Gasteiger charge is 2.52. The fourth-order valence-corrected chi connectivity index (χ4v) is 6.71. The molecule has 6 rings (SSSR count). The summed E-state index contributed by atoms with van der Waals surface area (Å²) in [5, 5.41) is 144. The van der Waals surface area contributed by atoms with Gasteiger partial charge in [0.25, 0.3) is 0 Å². The predicted octanol–water partition coefficient (Wildman–Crippen LogP) is -5.22. The van der Waals surface area contributed by atoms with Crippen molar-refractivity contribution in [1.29, 1.82) is 0 Å². The van der Waals surface area contributed by atoms with Crippen LogP contribution in [0, 0.1) is 0 Å². The Morgan fingerprint density at radius 2 is 1.25 bits per heavy atom. The molecule has 0 saturated carbocycles. The van der Waals surface area contributed by atoms with E-state index < -0.39 is 181 Å². The third-order valence-corrected chi connectivity index (χ3v) is 9.95. The molecule has 336 valence electrons. The van der Waals surface area contributed by atoms with Gasteiger partial charge in [-0.25, -0.2) is 0 Å². The number of carboxylic acids is 1. The number of phenols is 3. The molecule has 3 aliphatic heterocycles. The lowest BCUT2D eigenvalue weighted by Gasteiger charge is -2.45. The Morgan fingerprint density at radius 1 is 0.656 bits per heavy atom. The van der Waals surface area contributed by atoms with Gasteiger partial charge >= 0.3 is 11.9 Å². The Morgan fingerprint density at radius 3 is 1.87 bits per heavy atom. The second-order valence-corrected chi connectivity index (χ2v) is 14.1. The zero-order valence-electron chi connectivity index (χ0n) is 31.1. The summed E-state index contributed by atoms with van der Waals surface area (Å²) >= 11 is 0. The number of aliphatic hydroxyl groups is 10. The molecule has 4 heterocycles. The van der Waals surface area contributed by atoms with Crippen LogP contribution in [-0.2, 0) is 33.3 Å². The lowest BCUT2D eigenvalue weighted by atomic mass is 9.97. The first-order valence-electron chi connectivity index (χ1n) is 18.2. The third-order valence-electron chi connectivity index (χ3n) is 9.95. The second kappa shape index (κ2) is 18.6. The van der Waals surface area contributed by atoms with Gasteiger partial charge in [0.1, 0.15) is 109 Å². The van der Waals surface area contributed by atoms with E-state index in [0.717, 1.165) is 30.3 Å². The largest absolute Gasteiger partial charge is 0.508 e. The van der Waals surface area contributed by atoms with Crippen molar-refractivity contribution in [3.63, 3.8) is 0 Å². The lowest BCUT2D eigenvalue weighted by molar-refractivity contribution is -0.353. The average molecular weight is 875 g/mol. The Bertz CT molecular complexity index is 2110. The number of esters is 1. The smallest absolute Gasteiger partial charge is 0.317 e. The van der Waals surface area contributed by atoms with Crippen LogP contribution in [-0.4, -0.2) is 195 Å². The zero-order chi connectivity index (χ0) is 44.6. The first-order valence-corrected chi connectivity index (χ1v) is 18.2. The number of fused-ring (bicyclic) bond motifs is 1. The number of carbonyl (C=O) groups is 2. The summed E-state index contributed by atoms with van der Waals surface area (Å²) in [6.07, 6.45) is -29.2. The fraction of sp³-hybridized carbons (Fsp3) is 0.528. The van der Waals surface area contributed by atoms with Crippen molar-refractivity contribution in [2.75, 3.05) is 19.8 Å². The number of aliphatic carboxylic acids is 1. The first-order chi connectivity index (χ1) is 28.8. The maximum absolute atomic E-state index is 13.8. The molecule has 0 unspecified atom stereocenters. The van der Waals surface area contributed by atoms with Crippen LogP contribution in [0.15, 0.2) is 39.5 Å². The van der Waals surface area contributed by atoms with Crippen molar-refractivity contribution in [3.05, 3.63) is 40.6 Å². The van der Waals surface area contributed by atoms with Gasteiger partial charge < -0.3 is 109 Å². The average Bonchev–Trinajstić information content (AvgIpc) is 3.20. The Balaban J connectivity index is 1.26. The van der Waals surface area contributed by atoms with Crippen LogP contribution in [0.5, 0.6) is 28.7 Å². The van der Waals surface area contributed by atoms with Crippen molar-refractivity contribution in [1.82, 2.24) is 0 Å². The number of phenolic OH excluding ortho intramolecular Hbond substituents is 3. The first kappa shape index (κ1) is 45.6. The summed E-state index contributed by atoms with van der Waals surface area (Å²) < 4.78 is 43.7. The van der Waals surface area contributed by atoms with Crippen molar-refractivity contribution >= 4 is 22.9 Å². The second-order valence-electron chi connectivity index (χ2n) is 14.1. The van der Waals surface area contributed by atoms with E-state index in [9.17, 15) is 80.8 Å². The van der Waals surface area contributed by atoms with Crippen LogP contribution >= 0.6 is 0 Å². The van der Waals surface area contributed by atoms with Gasteiger partial charge in [0.15, 0.2) is 23.5 Å². The molecular weight excluding hydrogens is 832 g/mol. The summed E-state index contributed by atoms with van der Waals surface area (Å²) in [5.41, 5.74) is -1.73. The molecule has 0 bridgehead atoms. The van der Waals surface area contributed by atoms with E-state index in [1.165, 1.54) is 0 Å². The van der Waals surface area contributed by atoms with Gasteiger partial charge in [0.05, 0.1) is 13.2 Å². The molecule has 3 saturated heterocycles. The Labute approximate surface area is 340 Å². The SMILES string of the molecule is O=C(O)CC(=O)OC[C@H]1O[C@@H](O[C@@H]2[C@@H](O)[C@H](Oc3ccc(-c4oc5cc(O)cc(O)c5c(=O)c4O[C@@H]4O[C@H](CO)[C@@H](O)[C@H](O)[C@H]4O)cc3O)O[C@H](CO)[C@H]2O)[C@H](O)[C@@H](O)[C@@H]1O. The zero-order valence-corrected chi connectivity index (χ0v) is 31.1. The quantitative estimate of drug-likeness (QED) is 0.0564. The number of hydrogen-bond donors (Lipinski definition) is 14. The minimum Gasteiger partial charge on any atom is -0.508 e. The number of ether oxygens (including phenoxy) is 7. The van der Waals surface area contributed by atoms with Gasteiger partial charge in [-0.15, -0.1) is 0 Å². The highest BCUT2D eigenvalue weighted by molar-refractivity contribution is 5.90. The topological polar surface area (TPSA) is 412 Å². The van der Waals surface area contributed by atoms with Crippen LogP contribution in [0.1, 0.15) is 6.42 Å². The Hall–Kier alpha value is -4.97. The molecule has 3 fully saturated rings. The summed E-state index contributed by atoms with van der Waals surface area (Å²) in [4.78, 5) is 36.3. The van der Waals surface area contributed by atoms with E-state index >= 15 is 0 Å². The van der Waals surface area contributed by atoms with Crippen molar-refractivity contribution < 1.29 is 119 Å². The summed E-state index contributed by atoms with van der Waals surface area (Å²) in [6, 6.07) is 4.88. The van der Waals surface area contributed by atoms with Crippen LogP contribution in [0.25, 0.3) is 22.3 Å². The van der Waals surface area contributed by atoms with Gasteiger partial charge in [0, 0.05) is 17.7 Å². The number of aromatic hydroxyl groups is 3. The fourth-order valence-electron chi connectivity index (χ4n) is 6.71. The van der Waals surface area contributed by atoms with E-state index in [2.05, 4.69) is 0 Å². The molecule has 14 N–H and O–H groups in total. The summed E-state index contributed by atoms with van der Waals surface area (Å²) in [6.45, 7) is -2.62. The van der Waals surface area contributed by atoms with Gasteiger partial charge in [0.2, 0.25) is 23.8 Å². The standard InChI is InChI=1S/C36H42O25/c37-7-16-22(45)26(49)28(51)34(57-16)61-33-25(48)21-13(41)4-11(39)5-15(21)55-31(33)10-1-2-14(12(40)3-10)56-36-30(53)32(24(47)17(8-38)58-36)60-35-29(52)27(50)23(46)18(59-35)9-54-20(44)6-19(42)43/h1-5,16-18,22-24,26-30,32,34-41,45-47,49-53H,6-9H2,(H,42,43)/t16-,17-,18-,22-,23-,24-,26+,27+,28-,29-,30-,32+,34+,35+,36-/m1/s1. The van der Waals surface area contributed by atoms with E-state index in [1.54, 1.807) is 0 Å². The van der Waals surface area contributed by atoms with Crippen LogP contribution < -0.4 is 14.9 Å². The van der Waals surface area contributed by atoms with Gasteiger partial charge in [-0.1, -0.05) is 0 Å². The molecule has 0 amide bonds. The highest BCUT2D eigenvalue weighted by atomic mass is 16.7. The monoisotopic (exact) mass is 874 g/mol. The lowest BCUT2D eigenvalue weighted by Crippen LogP contribution is -2.65. The van der Waals surface area contributed by atoms with Crippen molar-refractivity contribution in [3.8, 4) is 40.1 Å². The molecule has 0 aliphatic carbocycles. The number of hydrogen-bond acceptors (Lipinski definition) is 24. The third kappa shape index (κ3) is 9.30. The predicted molar refractivity (Wildman–Crippen MR) is 190 cm³/mol. The molecule has 25 nitrogen and oxygen atoms in total. The maximum atomic E-state index is 13.8. The summed E-state index contributed by atoms with van der Waals surface area (Å²) in [5.74, 6) is -6.66. The number of rotatable bonds is 13. The number of benzene rings is 2. The van der Waals surface area contributed by atoms with Gasteiger partial charge in [-0.2, -0.15) is 0 Å². The van der Waals surface area contributed by atoms with E-state index in [0.29, 0.717) is 0 Å². The van der Waals surface area contributed by atoms with Crippen LogP contribution in [0.2, 0.25) is 0 Å². The van der Waals surface area contributed by atoms with Crippen molar-refractivity contribution in [2.45, 2.75) is 98.5 Å². The van der Waals surface area contributed by atoms with Crippen LogP contribution in [0.3, 0.4) is 0 Å². The summed E-state index contributed by atoms with van der Waals surface area (Å²) in [7, 11) is 0. The maximum Gasteiger partial charge on any atom is 0.317 e. The van der Waals surface area contributed by atoms with E-state index in [1.807, 2.05) is 0 Å². The van der Waals surface area contributed by atoms with Crippen LogP contribution in [0.4, 0.5) is 0 Å². The van der Waals surface area contributed by atoms with E-state index in [-0.39, 0.29) is 5.56 Å². The van der Waals surface area contributed by atoms with Crippen molar-refractivity contribution in [2.24, 2.45) is 0 Å². The normalized spacial score (nSPS) is 34.2. The molecule has 25 heteroatoms. The molecule has 1 aromatic heterocycles. The minimum absolute atomic E-state index is 0.200.